The van der Waals surface area contributed by atoms with E-state index >= 15 is 0 Å². The molecule has 3 rings (SSSR count). The Labute approximate surface area is 124 Å². The van der Waals surface area contributed by atoms with E-state index in [1.54, 1.807) is 24.4 Å². The van der Waals surface area contributed by atoms with Crippen molar-refractivity contribution in [2.24, 2.45) is 0 Å². The van der Waals surface area contributed by atoms with Crippen LogP contribution in [0, 0.1) is 0 Å². The minimum Gasteiger partial charge on any atom is -0.313 e. The normalized spacial score (nSPS) is 15.9. The number of fused-ring (bicyclic) bond motifs is 1. The molecule has 110 valence electrons. The summed E-state index contributed by atoms with van der Waals surface area (Å²) in [4.78, 5) is 4.43. The molecule has 0 saturated carbocycles. The number of hydrogen-bond acceptors (Lipinski definition) is 4. The summed E-state index contributed by atoms with van der Waals surface area (Å²) in [5, 5.41) is 4.02. The van der Waals surface area contributed by atoms with E-state index in [0.717, 1.165) is 30.5 Å². The third-order valence-electron chi connectivity index (χ3n) is 3.53. The molecule has 0 bridgehead atoms. The third-order valence-corrected chi connectivity index (χ3v) is 4.97. The number of benzene rings is 1. The molecule has 1 aromatic carbocycles. The molecule has 0 unspecified atom stereocenters. The van der Waals surface area contributed by atoms with Crippen LogP contribution in [0.4, 0.5) is 0 Å². The molecular weight excluding hydrogens is 286 g/mol. The number of nitrogens with zero attached hydrogens (tertiary/aromatic N) is 1. The number of nitrogens with one attached hydrogen (secondary N) is 2. The zero-order valence-corrected chi connectivity index (χ0v) is 12.4. The lowest BCUT2D eigenvalue weighted by molar-refractivity contribution is 0.583. The summed E-state index contributed by atoms with van der Waals surface area (Å²) in [6, 6.07) is 8.84. The van der Waals surface area contributed by atoms with Crippen LogP contribution in [0.1, 0.15) is 6.42 Å². The summed E-state index contributed by atoms with van der Waals surface area (Å²) in [5.74, 6) is 0. The van der Waals surface area contributed by atoms with E-state index < -0.39 is 10.0 Å². The van der Waals surface area contributed by atoms with Gasteiger partial charge in [-0.15, -0.1) is 0 Å². The second-order valence-electron chi connectivity index (χ2n) is 4.97. The van der Waals surface area contributed by atoms with Crippen LogP contribution in [-0.2, 0) is 10.0 Å². The Balaban J connectivity index is 1.88. The van der Waals surface area contributed by atoms with Crippen molar-refractivity contribution in [3.8, 4) is 0 Å². The largest absolute Gasteiger partial charge is 0.313 e. The Morgan fingerprint density at radius 1 is 1.24 bits per heavy atom. The highest BCUT2D eigenvalue weighted by molar-refractivity contribution is 7.89. The van der Waals surface area contributed by atoms with Gasteiger partial charge in [-0.05, 0) is 25.1 Å². The van der Waals surface area contributed by atoms with Crippen LogP contribution < -0.4 is 10.0 Å². The molecule has 0 fully saturated rings. The van der Waals surface area contributed by atoms with Crippen molar-refractivity contribution in [3.05, 3.63) is 48.2 Å². The monoisotopic (exact) mass is 303 g/mol. The summed E-state index contributed by atoms with van der Waals surface area (Å²) < 4.78 is 27.7. The molecule has 0 amide bonds. The van der Waals surface area contributed by atoms with Gasteiger partial charge in [0.1, 0.15) is 4.90 Å². The fraction of sp³-hybridized carbons (Fsp3) is 0.267. The van der Waals surface area contributed by atoms with E-state index in [1.807, 2.05) is 18.2 Å². The van der Waals surface area contributed by atoms with Gasteiger partial charge < -0.3 is 5.32 Å². The fourth-order valence-electron chi connectivity index (χ4n) is 2.39. The molecule has 1 aromatic heterocycles. The summed E-state index contributed by atoms with van der Waals surface area (Å²) in [5.41, 5.74) is 1.62. The second-order valence-corrected chi connectivity index (χ2v) is 6.71. The van der Waals surface area contributed by atoms with E-state index in [4.69, 9.17) is 0 Å². The molecule has 5 nitrogen and oxygen atoms in total. The van der Waals surface area contributed by atoms with Gasteiger partial charge in [-0.1, -0.05) is 29.8 Å². The first-order valence-electron chi connectivity index (χ1n) is 6.89. The van der Waals surface area contributed by atoms with Crippen LogP contribution in [0.3, 0.4) is 0 Å². The summed E-state index contributed by atoms with van der Waals surface area (Å²) >= 11 is 0. The van der Waals surface area contributed by atoms with Crippen molar-refractivity contribution < 1.29 is 8.42 Å². The Hall–Kier alpha value is -1.76. The smallest absolute Gasteiger partial charge is 0.243 e. The average molecular weight is 303 g/mol. The quantitative estimate of drug-likeness (QED) is 0.838. The molecule has 1 aliphatic heterocycles. The van der Waals surface area contributed by atoms with Crippen molar-refractivity contribution in [2.75, 3.05) is 19.6 Å². The van der Waals surface area contributed by atoms with Crippen LogP contribution in [-0.4, -0.2) is 33.0 Å². The highest BCUT2D eigenvalue weighted by atomic mass is 32.2. The molecule has 2 aromatic rings. The minimum absolute atomic E-state index is 0.232. The minimum atomic E-state index is -3.56. The maximum absolute atomic E-state index is 12.5. The van der Waals surface area contributed by atoms with Gasteiger partial charge in [0.25, 0.3) is 0 Å². The van der Waals surface area contributed by atoms with Crippen molar-refractivity contribution in [3.63, 3.8) is 0 Å². The lowest BCUT2D eigenvalue weighted by Crippen LogP contribution is -2.29. The maximum Gasteiger partial charge on any atom is 0.243 e. The van der Waals surface area contributed by atoms with Gasteiger partial charge in [0.2, 0.25) is 10.0 Å². The molecule has 0 radical (unpaired) electrons. The van der Waals surface area contributed by atoms with Gasteiger partial charge in [0.05, 0.1) is 5.52 Å². The van der Waals surface area contributed by atoms with Crippen LogP contribution >= 0.6 is 0 Å². The molecule has 0 saturated heterocycles. The van der Waals surface area contributed by atoms with E-state index in [1.165, 1.54) is 0 Å². The highest BCUT2D eigenvalue weighted by Gasteiger charge is 2.18. The molecule has 2 heterocycles. The number of sulfonamides is 1. The molecule has 2 N–H and O–H groups in total. The summed E-state index contributed by atoms with van der Waals surface area (Å²) in [7, 11) is -3.56. The Morgan fingerprint density at radius 3 is 2.90 bits per heavy atom. The van der Waals surface area contributed by atoms with Crippen molar-refractivity contribution in [2.45, 2.75) is 11.3 Å². The van der Waals surface area contributed by atoms with E-state index in [-0.39, 0.29) is 4.90 Å². The van der Waals surface area contributed by atoms with E-state index in [2.05, 4.69) is 15.0 Å². The summed E-state index contributed by atoms with van der Waals surface area (Å²) in [6.45, 7) is 2.05. The van der Waals surface area contributed by atoms with E-state index in [9.17, 15) is 8.42 Å². The van der Waals surface area contributed by atoms with Crippen LogP contribution in [0.5, 0.6) is 0 Å². The number of hydrogen-bond donors (Lipinski definition) is 2. The molecule has 0 atom stereocenters. The standard InChI is InChI=1S/C15H17N3O2S/c19-21(20,18-11-12-6-9-16-10-7-12)14-5-1-3-13-4-2-8-17-15(13)14/h1-6,8,16,18H,7,9-11H2. The Morgan fingerprint density at radius 2 is 2.10 bits per heavy atom. The average Bonchev–Trinajstić information content (AvgIpc) is 2.53. The molecule has 21 heavy (non-hydrogen) atoms. The van der Waals surface area contributed by atoms with Gasteiger partial charge >= 0.3 is 0 Å². The lowest BCUT2D eigenvalue weighted by atomic mass is 10.1. The molecule has 0 spiro atoms. The van der Waals surface area contributed by atoms with Crippen molar-refractivity contribution in [1.82, 2.24) is 15.0 Å². The summed E-state index contributed by atoms with van der Waals surface area (Å²) in [6.07, 6.45) is 4.51. The lowest BCUT2D eigenvalue weighted by Gasteiger charge is -2.15. The highest BCUT2D eigenvalue weighted by Crippen LogP contribution is 2.20. The maximum atomic E-state index is 12.5. The number of pyridine rings is 1. The van der Waals surface area contributed by atoms with Gasteiger partial charge in [-0.2, -0.15) is 0 Å². The van der Waals surface area contributed by atoms with Gasteiger partial charge in [-0.25, -0.2) is 13.1 Å². The zero-order chi connectivity index (χ0) is 14.7. The van der Waals surface area contributed by atoms with Gasteiger partial charge in [0.15, 0.2) is 0 Å². The third kappa shape index (κ3) is 3.12. The SMILES string of the molecule is O=S(=O)(NCC1=CCNCC1)c1cccc2cccnc12. The first-order valence-corrected chi connectivity index (χ1v) is 8.37. The molecule has 6 heteroatoms. The predicted molar refractivity (Wildman–Crippen MR) is 82.5 cm³/mol. The Bertz CT molecular complexity index is 779. The second kappa shape index (κ2) is 5.93. The molecular formula is C15H17N3O2S. The van der Waals surface area contributed by atoms with E-state index in [0.29, 0.717) is 12.1 Å². The van der Waals surface area contributed by atoms with Crippen LogP contribution in [0.2, 0.25) is 0 Å². The number of aromatic nitrogens is 1. The zero-order valence-electron chi connectivity index (χ0n) is 11.5. The Kier molecular flexibility index (Phi) is 4.01. The fourth-order valence-corrected chi connectivity index (χ4v) is 3.60. The first-order chi connectivity index (χ1) is 10.2. The predicted octanol–water partition coefficient (Wildman–Crippen LogP) is 1.43. The van der Waals surface area contributed by atoms with Crippen LogP contribution in [0.25, 0.3) is 10.9 Å². The topological polar surface area (TPSA) is 71.1 Å². The number of rotatable bonds is 4. The van der Waals surface area contributed by atoms with Crippen molar-refractivity contribution in [1.29, 1.82) is 0 Å². The van der Waals surface area contributed by atoms with Gasteiger partial charge in [0, 0.05) is 24.7 Å². The molecule has 1 aliphatic rings. The first kappa shape index (κ1) is 14.2. The van der Waals surface area contributed by atoms with Crippen LogP contribution in [0.15, 0.2) is 53.1 Å². The van der Waals surface area contributed by atoms with Gasteiger partial charge in [-0.3, -0.25) is 4.98 Å². The number of para-hydroxylation sites is 1. The molecule has 0 aliphatic carbocycles. The van der Waals surface area contributed by atoms with Crippen molar-refractivity contribution >= 4 is 20.9 Å².